The van der Waals surface area contributed by atoms with Crippen LogP contribution in [0.25, 0.3) is 10.9 Å². The lowest BCUT2D eigenvalue weighted by Crippen LogP contribution is -2.31. The number of para-hydroxylation sites is 1. The highest BCUT2D eigenvalue weighted by Gasteiger charge is 2.21. The van der Waals surface area contributed by atoms with Crippen molar-refractivity contribution in [3.8, 4) is 11.5 Å². The van der Waals surface area contributed by atoms with E-state index in [1.807, 2.05) is 25.1 Å². The van der Waals surface area contributed by atoms with Crippen molar-refractivity contribution in [3.05, 3.63) is 62.6 Å². The third kappa shape index (κ3) is 3.51. The van der Waals surface area contributed by atoms with Crippen LogP contribution in [0, 0.1) is 4.77 Å². The van der Waals surface area contributed by atoms with E-state index in [0.29, 0.717) is 59.0 Å². The van der Waals surface area contributed by atoms with Gasteiger partial charge in [0, 0.05) is 31.3 Å². The van der Waals surface area contributed by atoms with Crippen LogP contribution in [0.5, 0.6) is 11.5 Å². The molecule has 150 valence electrons. The van der Waals surface area contributed by atoms with Gasteiger partial charge in [-0.3, -0.25) is 14.2 Å². The number of ether oxygens (including phenoxy) is 2. The number of nitrogens with one attached hydrogen (secondary N) is 1. The van der Waals surface area contributed by atoms with Gasteiger partial charge in [0.1, 0.15) is 13.2 Å². The van der Waals surface area contributed by atoms with E-state index >= 15 is 0 Å². The molecule has 2 aromatic carbocycles. The third-order valence-corrected chi connectivity index (χ3v) is 5.40. The first-order valence-corrected chi connectivity index (χ1v) is 9.80. The quantitative estimate of drug-likeness (QED) is 0.668. The lowest BCUT2D eigenvalue weighted by molar-refractivity contribution is 0.0749. The largest absolute Gasteiger partial charge is 0.486 e. The minimum Gasteiger partial charge on any atom is -0.486 e. The molecule has 1 aliphatic rings. The van der Waals surface area contributed by atoms with Gasteiger partial charge in [-0.15, -0.1) is 0 Å². The highest BCUT2D eigenvalue weighted by Crippen LogP contribution is 2.34. The number of hydrogen-bond donors (Lipinski definition) is 1. The van der Waals surface area contributed by atoms with Crippen LogP contribution in [0.15, 0.2) is 41.2 Å². The molecule has 0 bridgehead atoms. The molecule has 0 spiro atoms. The van der Waals surface area contributed by atoms with Gasteiger partial charge in [-0.05, 0) is 43.4 Å². The fourth-order valence-electron chi connectivity index (χ4n) is 3.41. The van der Waals surface area contributed by atoms with Crippen molar-refractivity contribution in [2.75, 3.05) is 19.8 Å². The van der Waals surface area contributed by atoms with Gasteiger partial charge < -0.3 is 19.4 Å². The maximum atomic E-state index is 13.2. The maximum Gasteiger partial charge on any atom is 0.261 e. The molecule has 0 saturated heterocycles. The predicted octanol–water partition coefficient (Wildman–Crippen LogP) is 3.03. The number of H-pyrrole nitrogens is 1. The van der Waals surface area contributed by atoms with Crippen molar-refractivity contribution >= 4 is 29.0 Å². The van der Waals surface area contributed by atoms with Crippen LogP contribution in [-0.2, 0) is 13.6 Å². The number of nitrogens with zero attached hydrogens (tertiary/aromatic N) is 2. The molecule has 3 aromatic rings. The van der Waals surface area contributed by atoms with Crippen LogP contribution in [-0.4, -0.2) is 40.1 Å². The van der Waals surface area contributed by atoms with Crippen molar-refractivity contribution in [1.29, 1.82) is 0 Å². The van der Waals surface area contributed by atoms with Gasteiger partial charge in [-0.25, -0.2) is 0 Å². The Labute approximate surface area is 172 Å². The van der Waals surface area contributed by atoms with E-state index in [1.54, 1.807) is 30.1 Å². The number of aromatic amines is 1. The predicted molar refractivity (Wildman–Crippen MR) is 112 cm³/mol. The molecule has 0 atom stereocenters. The van der Waals surface area contributed by atoms with E-state index in [4.69, 9.17) is 21.7 Å². The zero-order valence-corrected chi connectivity index (χ0v) is 17.0. The number of hydrogen-bond acceptors (Lipinski definition) is 5. The number of aromatic nitrogens is 2. The lowest BCUT2D eigenvalue weighted by atomic mass is 10.1. The van der Waals surface area contributed by atoms with Crippen molar-refractivity contribution in [3.63, 3.8) is 0 Å². The summed E-state index contributed by atoms with van der Waals surface area (Å²) in [7, 11) is 1.62. The molecule has 1 aromatic heterocycles. The molecule has 2 heterocycles. The second-order valence-electron chi connectivity index (χ2n) is 6.82. The fraction of sp³-hybridized carbons (Fsp3) is 0.286. The summed E-state index contributed by atoms with van der Waals surface area (Å²) in [4.78, 5) is 30.3. The Morgan fingerprint density at radius 1 is 1.24 bits per heavy atom. The van der Waals surface area contributed by atoms with Crippen molar-refractivity contribution in [1.82, 2.24) is 14.5 Å². The second kappa shape index (κ2) is 7.71. The Bertz CT molecular complexity index is 1210. The first kappa shape index (κ1) is 19.2. The topological polar surface area (TPSA) is 76.6 Å². The van der Waals surface area contributed by atoms with Gasteiger partial charge in [-0.1, -0.05) is 12.1 Å². The summed E-state index contributed by atoms with van der Waals surface area (Å²) in [6.45, 7) is 3.85. The second-order valence-corrected chi connectivity index (χ2v) is 7.20. The Morgan fingerprint density at radius 3 is 2.83 bits per heavy atom. The standard InChI is InChI=1S/C21H21N3O4S/c1-3-24(12-14-5-4-6-17-18(14)28-10-9-27-17)19(25)13-7-8-15-16(11-13)22-21(29)23(2)20(15)26/h4-8,11H,3,9-10,12H2,1-2H3,(H,22,29). The third-order valence-electron chi connectivity index (χ3n) is 5.03. The van der Waals surface area contributed by atoms with Crippen LogP contribution in [0.1, 0.15) is 22.8 Å². The van der Waals surface area contributed by atoms with E-state index in [2.05, 4.69) is 4.98 Å². The summed E-state index contributed by atoms with van der Waals surface area (Å²) in [5.41, 5.74) is 1.74. The Balaban J connectivity index is 1.67. The molecule has 4 rings (SSSR count). The number of amides is 1. The van der Waals surface area contributed by atoms with E-state index in [0.717, 1.165) is 5.56 Å². The number of benzene rings is 2. The first-order chi connectivity index (χ1) is 14.0. The molecule has 0 unspecified atom stereocenters. The molecule has 7 nitrogen and oxygen atoms in total. The van der Waals surface area contributed by atoms with E-state index < -0.39 is 0 Å². The minimum absolute atomic E-state index is 0.135. The molecule has 8 heteroatoms. The van der Waals surface area contributed by atoms with Crippen LogP contribution < -0.4 is 15.0 Å². The average molecular weight is 411 g/mol. The smallest absolute Gasteiger partial charge is 0.261 e. The van der Waals surface area contributed by atoms with Gasteiger partial charge >= 0.3 is 0 Å². The molecule has 1 N–H and O–H groups in total. The van der Waals surface area contributed by atoms with Gasteiger partial charge in [0.25, 0.3) is 11.5 Å². The van der Waals surface area contributed by atoms with E-state index in [1.165, 1.54) is 4.57 Å². The average Bonchev–Trinajstić information content (AvgIpc) is 2.75. The summed E-state index contributed by atoms with van der Waals surface area (Å²) < 4.78 is 13.1. The highest BCUT2D eigenvalue weighted by atomic mass is 32.1. The van der Waals surface area contributed by atoms with Crippen LogP contribution in [0.3, 0.4) is 0 Å². The Hall–Kier alpha value is -3.13. The highest BCUT2D eigenvalue weighted by molar-refractivity contribution is 7.71. The molecule has 1 aliphatic heterocycles. The number of fused-ring (bicyclic) bond motifs is 2. The van der Waals surface area contributed by atoms with Gasteiger partial charge in [0.05, 0.1) is 10.9 Å². The fourth-order valence-corrected chi connectivity index (χ4v) is 3.61. The van der Waals surface area contributed by atoms with Crippen LogP contribution >= 0.6 is 12.2 Å². The summed E-state index contributed by atoms with van der Waals surface area (Å²) in [5, 5.41) is 0.489. The Kier molecular flexibility index (Phi) is 5.10. The lowest BCUT2D eigenvalue weighted by Gasteiger charge is -2.25. The number of carbonyl (C=O) groups excluding carboxylic acids is 1. The number of carbonyl (C=O) groups is 1. The van der Waals surface area contributed by atoms with Gasteiger partial charge in [0.15, 0.2) is 16.3 Å². The molecule has 0 radical (unpaired) electrons. The summed E-state index contributed by atoms with van der Waals surface area (Å²) in [6, 6.07) is 10.7. The molecule has 0 saturated carbocycles. The molecular formula is C21H21N3O4S. The molecule has 1 amide bonds. The van der Waals surface area contributed by atoms with Crippen molar-refractivity contribution in [2.45, 2.75) is 13.5 Å². The molecule has 0 aliphatic carbocycles. The molecule has 0 fully saturated rings. The van der Waals surface area contributed by atoms with E-state index in [9.17, 15) is 9.59 Å². The normalized spacial score (nSPS) is 12.8. The van der Waals surface area contributed by atoms with Crippen LogP contribution in [0.2, 0.25) is 0 Å². The monoisotopic (exact) mass is 411 g/mol. The molecular weight excluding hydrogens is 390 g/mol. The van der Waals surface area contributed by atoms with Crippen LogP contribution in [0.4, 0.5) is 0 Å². The van der Waals surface area contributed by atoms with Gasteiger partial charge in [-0.2, -0.15) is 0 Å². The Morgan fingerprint density at radius 2 is 2.03 bits per heavy atom. The zero-order chi connectivity index (χ0) is 20.5. The number of rotatable bonds is 4. The van der Waals surface area contributed by atoms with Crippen molar-refractivity contribution < 1.29 is 14.3 Å². The zero-order valence-electron chi connectivity index (χ0n) is 16.2. The van der Waals surface area contributed by atoms with E-state index in [-0.39, 0.29) is 11.5 Å². The van der Waals surface area contributed by atoms with Crippen molar-refractivity contribution in [2.24, 2.45) is 7.05 Å². The van der Waals surface area contributed by atoms with Gasteiger partial charge in [0.2, 0.25) is 0 Å². The minimum atomic E-state index is -0.192. The SMILES string of the molecule is CCN(Cc1cccc2c1OCCO2)C(=O)c1ccc2c(=O)n(C)c(=S)[nH]c2c1. The maximum absolute atomic E-state index is 13.2. The first-order valence-electron chi connectivity index (χ1n) is 9.39. The summed E-state index contributed by atoms with van der Waals surface area (Å²) in [5.74, 6) is 1.26. The molecule has 29 heavy (non-hydrogen) atoms. The summed E-state index contributed by atoms with van der Waals surface area (Å²) in [6.07, 6.45) is 0. The summed E-state index contributed by atoms with van der Waals surface area (Å²) >= 11 is 5.18.